The zero-order valence-corrected chi connectivity index (χ0v) is 19.4. The number of carbonyl (C=O) groups excluding carboxylic acids is 1. The SMILES string of the molecule is COc1ccc(-c2ccc(C#N)c(SC(C)(C)C(=O)Nc3cccc(Cl)c3Cl)n2)cc1. The minimum Gasteiger partial charge on any atom is -0.497 e. The second kappa shape index (κ2) is 9.61. The maximum Gasteiger partial charge on any atom is 0.240 e. The van der Waals surface area contributed by atoms with E-state index in [0.29, 0.717) is 27.0 Å². The number of amides is 1. The van der Waals surface area contributed by atoms with E-state index in [0.717, 1.165) is 11.3 Å². The molecule has 1 amide bonds. The fraction of sp³-hybridized carbons (Fsp3) is 0.174. The second-order valence-corrected chi connectivity index (χ2v) is 9.45. The number of carbonyl (C=O) groups is 1. The Balaban J connectivity index is 1.87. The Hall–Kier alpha value is -2.72. The highest BCUT2D eigenvalue weighted by molar-refractivity contribution is 8.01. The van der Waals surface area contributed by atoms with E-state index in [2.05, 4.69) is 16.4 Å². The molecule has 0 saturated carbocycles. The van der Waals surface area contributed by atoms with Crippen LogP contribution in [0.5, 0.6) is 5.75 Å². The summed E-state index contributed by atoms with van der Waals surface area (Å²) in [5.41, 5.74) is 2.38. The van der Waals surface area contributed by atoms with Crippen molar-refractivity contribution in [2.24, 2.45) is 0 Å². The van der Waals surface area contributed by atoms with Gasteiger partial charge < -0.3 is 10.1 Å². The smallest absolute Gasteiger partial charge is 0.240 e. The molecule has 0 aliphatic heterocycles. The van der Waals surface area contributed by atoms with Crippen LogP contribution in [0.1, 0.15) is 19.4 Å². The average molecular weight is 472 g/mol. The zero-order valence-electron chi connectivity index (χ0n) is 17.1. The summed E-state index contributed by atoms with van der Waals surface area (Å²) in [5.74, 6) is 0.451. The van der Waals surface area contributed by atoms with Gasteiger partial charge in [0.15, 0.2) is 0 Å². The molecule has 0 atom stereocenters. The fourth-order valence-corrected chi connectivity index (χ4v) is 4.03. The standard InChI is InChI=1S/C23H19Cl2N3O2S/c1-23(2,22(29)28-19-6-4-5-17(24)20(19)25)31-21-15(13-26)9-12-18(27-21)14-7-10-16(30-3)11-8-14/h4-12H,1-3H3,(H,28,29). The molecular weight excluding hydrogens is 453 g/mol. The lowest BCUT2D eigenvalue weighted by atomic mass is 10.1. The minimum atomic E-state index is -0.942. The molecule has 0 unspecified atom stereocenters. The van der Waals surface area contributed by atoms with Gasteiger partial charge in [-0.2, -0.15) is 5.26 Å². The molecule has 3 aromatic rings. The maximum atomic E-state index is 13.0. The number of ether oxygens (including phenoxy) is 1. The number of thioether (sulfide) groups is 1. The number of nitrogens with zero attached hydrogens (tertiary/aromatic N) is 2. The molecule has 0 fully saturated rings. The fourth-order valence-electron chi connectivity index (χ4n) is 2.69. The van der Waals surface area contributed by atoms with Crippen molar-refractivity contribution >= 4 is 46.6 Å². The van der Waals surface area contributed by atoms with Crippen molar-refractivity contribution in [3.8, 4) is 23.1 Å². The highest BCUT2D eigenvalue weighted by Gasteiger charge is 2.31. The number of pyridine rings is 1. The number of benzene rings is 2. The van der Waals surface area contributed by atoms with Gasteiger partial charge in [-0.25, -0.2) is 4.98 Å². The number of hydrogen-bond donors (Lipinski definition) is 1. The van der Waals surface area contributed by atoms with Gasteiger partial charge in [-0.1, -0.05) is 41.0 Å². The first-order valence-corrected chi connectivity index (χ1v) is 10.8. The minimum absolute atomic E-state index is 0.274. The third-order valence-corrected chi connectivity index (χ3v) is 6.48. The van der Waals surface area contributed by atoms with Crippen molar-refractivity contribution in [1.82, 2.24) is 4.98 Å². The number of methoxy groups -OCH3 is 1. The van der Waals surface area contributed by atoms with E-state index in [9.17, 15) is 10.1 Å². The molecule has 0 bridgehead atoms. The van der Waals surface area contributed by atoms with Crippen LogP contribution < -0.4 is 10.1 Å². The van der Waals surface area contributed by atoms with Crippen LogP contribution >= 0.6 is 35.0 Å². The summed E-state index contributed by atoms with van der Waals surface area (Å²) in [5, 5.41) is 13.4. The van der Waals surface area contributed by atoms with Crippen LogP contribution in [0.15, 0.2) is 59.6 Å². The first-order valence-electron chi connectivity index (χ1n) is 9.25. The van der Waals surface area contributed by atoms with E-state index in [4.69, 9.17) is 27.9 Å². The first-order chi connectivity index (χ1) is 14.7. The molecule has 1 N–H and O–H groups in total. The molecule has 1 heterocycles. The highest BCUT2D eigenvalue weighted by Crippen LogP contribution is 2.37. The monoisotopic (exact) mass is 471 g/mol. The lowest BCUT2D eigenvalue weighted by Gasteiger charge is -2.23. The number of rotatable bonds is 6. The predicted octanol–water partition coefficient (Wildman–Crippen LogP) is 6.45. The average Bonchev–Trinajstić information content (AvgIpc) is 2.76. The predicted molar refractivity (Wildman–Crippen MR) is 126 cm³/mol. The first kappa shape index (κ1) is 23.0. The van der Waals surface area contributed by atoms with Gasteiger partial charge in [0, 0.05) is 5.56 Å². The number of nitriles is 1. The van der Waals surface area contributed by atoms with Gasteiger partial charge in [-0.3, -0.25) is 4.79 Å². The Labute approximate surface area is 195 Å². The van der Waals surface area contributed by atoms with Crippen molar-refractivity contribution in [2.75, 3.05) is 12.4 Å². The number of halogens is 2. The van der Waals surface area contributed by atoms with Crippen LogP contribution in [0.2, 0.25) is 10.0 Å². The molecule has 3 rings (SSSR count). The van der Waals surface area contributed by atoms with Gasteiger partial charge in [0.25, 0.3) is 0 Å². The summed E-state index contributed by atoms with van der Waals surface area (Å²) in [6, 6.07) is 18.1. The van der Waals surface area contributed by atoms with Gasteiger partial charge in [0.05, 0.1) is 38.8 Å². The molecule has 0 aliphatic carbocycles. The van der Waals surface area contributed by atoms with Crippen LogP contribution in [0.3, 0.4) is 0 Å². The Bertz CT molecular complexity index is 1160. The number of anilines is 1. The molecule has 0 radical (unpaired) electrons. The van der Waals surface area contributed by atoms with Crippen LogP contribution in [0, 0.1) is 11.3 Å². The van der Waals surface area contributed by atoms with Crippen molar-refractivity contribution in [3.05, 3.63) is 70.2 Å². The summed E-state index contributed by atoms with van der Waals surface area (Å²) < 4.78 is 4.25. The summed E-state index contributed by atoms with van der Waals surface area (Å²) in [6.07, 6.45) is 0. The number of aromatic nitrogens is 1. The van der Waals surface area contributed by atoms with E-state index in [1.54, 1.807) is 51.3 Å². The van der Waals surface area contributed by atoms with Crippen LogP contribution in [0.4, 0.5) is 5.69 Å². The second-order valence-electron chi connectivity index (χ2n) is 7.06. The normalized spacial score (nSPS) is 11.0. The Kier molecular flexibility index (Phi) is 7.11. The van der Waals surface area contributed by atoms with E-state index in [1.807, 2.05) is 24.3 Å². The lowest BCUT2D eigenvalue weighted by molar-refractivity contribution is -0.117. The third-order valence-electron chi connectivity index (χ3n) is 4.46. The van der Waals surface area contributed by atoms with E-state index in [1.165, 1.54) is 11.8 Å². The largest absolute Gasteiger partial charge is 0.497 e. The summed E-state index contributed by atoms with van der Waals surface area (Å²) >= 11 is 13.4. The summed E-state index contributed by atoms with van der Waals surface area (Å²) in [4.78, 5) is 17.6. The van der Waals surface area contributed by atoms with Gasteiger partial charge in [-0.05, 0) is 62.4 Å². The molecule has 0 aliphatic rings. The van der Waals surface area contributed by atoms with Crippen LogP contribution in [0.25, 0.3) is 11.3 Å². The summed E-state index contributed by atoms with van der Waals surface area (Å²) in [6.45, 7) is 3.52. The molecule has 8 heteroatoms. The third kappa shape index (κ3) is 5.31. The van der Waals surface area contributed by atoms with Crippen molar-refractivity contribution in [1.29, 1.82) is 5.26 Å². The van der Waals surface area contributed by atoms with Crippen molar-refractivity contribution < 1.29 is 9.53 Å². The zero-order chi connectivity index (χ0) is 22.6. The van der Waals surface area contributed by atoms with E-state index < -0.39 is 4.75 Å². The van der Waals surface area contributed by atoms with Crippen molar-refractivity contribution in [3.63, 3.8) is 0 Å². The molecular formula is C23H19Cl2N3O2S. The molecule has 158 valence electrons. The highest BCUT2D eigenvalue weighted by atomic mass is 35.5. The Morgan fingerprint density at radius 1 is 1.13 bits per heavy atom. The molecule has 31 heavy (non-hydrogen) atoms. The molecule has 2 aromatic carbocycles. The number of nitrogens with one attached hydrogen (secondary N) is 1. The number of hydrogen-bond acceptors (Lipinski definition) is 5. The van der Waals surface area contributed by atoms with Crippen molar-refractivity contribution in [2.45, 2.75) is 23.6 Å². The lowest BCUT2D eigenvalue weighted by Crippen LogP contribution is -2.34. The molecule has 0 saturated heterocycles. The summed E-state index contributed by atoms with van der Waals surface area (Å²) in [7, 11) is 1.60. The van der Waals surface area contributed by atoms with Gasteiger partial charge in [0.1, 0.15) is 16.8 Å². The van der Waals surface area contributed by atoms with Crippen LogP contribution in [-0.4, -0.2) is 22.7 Å². The van der Waals surface area contributed by atoms with Gasteiger partial charge in [0.2, 0.25) is 5.91 Å². The van der Waals surface area contributed by atoms with Gasteiger partial charge >= 0.3 is 0 Å². The quantitative estimate of drug-likeness (QED) is 0.418. The Morgan fingerprint density at radius 3 is 2.48 bits per heavy atom. The van der Waals surface area contributed by atoms with E-state index in [-0.39, 0.29) is 10.9 Å². The van der Waals surface area contributed by atoms with Gasteiger partial charge in [-0.15, -0.1) is 0 Å². The van der Waals surface area contributed by atoms with Crippen LogP contribution in [-0.2, 0) is 4.79 Å². The maximum absolute atomic E-state index is 13.0. The Morgan fingerprint density at radius 2 is 1.84 bits per heavy atom. The molecule has 1 aromatic heterocycles. The molecule has 0 spiro atoms. The molecule has 5 nitrogen and oxygen atoms in total. The van der Waals surface area contributed by atoms with E-state index >= 15 is 0 Å². The topological polar surface area (TPSA) is 75.0 Å².